The molecule has 0 unspecified atom stereocenters. The standard InChI is InChI=1S/C10H8NO2.Pb/c11-6-8-5-7-3-1-2-4-9(7)13-10(8)12;/h1-5,11H,6H2;/q-1;+1. The summed E-state index contributed by atoms with van der Waals surface area (Å²) in [4.78, 5) is 11.4. The molecule has 0 spiro atoms. The molecule has 0 saturated carbocycles. The maximum atomic E-state index is 11.4. The number of hydrogen-bond donors (Lipinski definition) is 1. The van der Waals surface area contributed by atoms with Gasteiger partial charge in [0.15, 0.2) is 0 Å². The van der Waals surface area contributed by atoms with Crippen LogP contribution in [0.15, 0.2) is 39.5 Å². The predicted molar refractivity (Wildman–Crippen MR) is 55.1 cm³/mol. The first-order valence-corrected chi connectivity index (χ1v) is 6.17. The summed E-state index contributed by atoms with van der Waals surface area (Å²) in [7, 11) is 0. The van der Waals surface area contributed by atoms with E-state index >= 15 is 0 Å². The van der Waals surface area contributed by atoms with Gasteiger partial charge in [0.2, 0.25) is 0 Å². The van der Waals surface area contributed by atoms with Crippen molar-refractivity contribution in [1.82, 2.24) is 3.13 Å². The zero-order chi connectivity index (χ0) is 9.97. The van der Waals surface area contributed by atoms with E-state index in [0.717, 1.165) is 31.5 Å². The summed E-state index contributed by atoms with van der Waals surface area (Å²) in [6.45, 7) is 0.597. The van der Waals surface area contributed by atoms with E-state index in [4.69, 9.17) is 4.42 Å². The molecule has 3 nitrogen and oxygen atoms in total. The number of rotatable bonds is 2. The van der Waals surface area contributed by atoms with Crippen LogP contribution < -0.4 is 8.75 Å². The second-order valence-electron chi connectivity index (χ2n) is 2.95. The fourth-order valence-electron chi connectivity index (χ4n) is 1.32. The van der Waals surface area contributed by atoms with Gasteiger partial charge in [0, 0.05) is 0 Å². The van der Waals surface area contributed by atoms with Crippen molar-refractivity contribution in [1.29, 1.82) is 0 Å². The molecule has 0 aliphatic heterocycles. The van der Waals surface area contributed by atoms with Gasteiger partial charge >= 0.3 is 97.4 Å². The third-order valence-corrected chi connectivity index (χ3v) is 2.68. The van der Waals surface area contributed by atoms with Crippen molar-refractivity contribution in [2.24, 2.45) is 0 Å². The van der Waals surface area contributed by atoms with Gasteiger partial charge in [0.25, 0.3) is 0 Å². The van der Waals surface area contributed by atoms with Crippen LogP contribution >= 0.6 is 0 Å². The molecule has 0 saturated heterocycles. The second kappa shape index (κ2) is 4.22. The molecule has 1 N–H and O–H groups in total. The Morgan fingerprint density at radius 2 is 2.14 bits per heavy atom. The molecule has 0 aliphatic carbocycles. The average Bonchev–Trinajstić information content (AvgIpc) is 2.19. The van der Waals surface area contributed by atoms with Crippen LogP contribution in [0, 0.1) is 0 Å². The van der Waals surface area contributed by atoms with Gasteiger partial charge in [-0.05, 0) is 0 Å². The van der Waals surface area contributed by atoms with Crippen LogP contribution in [-0.4, -0.2) is 26.1 Å². The van der Waals surface area contributed by atoms with Crippen molar-refractivity contribution < 1.29 is 4.42 Å². The van der Waals surface area contributed by atoms with Gasteiger partial charge in [0.05, 0.1) is 0 Å². The van der Waals surface area contributed by atoms with E-state index in [1.807, 2.05) is 24.3 Å². The first-order valence-electron chi connectivity index (χ1n) is 4.22. The van der Waals surface area contributed by atoms with Crippen LogP contribution in [0.2, 0.25) is 0 Å². The Balaban J connectivity index is 2.65. The van der Waals surface area contributed by atoms with Gasteiger partial charge in [-0.25, -0.2) is 0 Å². The number of benzene rings is 1. The van der Waals surface area contributed by atoms with Gasteiger partial charge in [-0.15, -0.1) is 0 Å². The van der Waals surface area contributed by atoms with Crippen LogP contribution in [-0.2, 0) is 6.54 Å². The Hall–Kier alpha value is -0.688. The van der Waals surface area contributed by atoms with Gasteiger partial charge < -0.3 is 0 Å². The van der Waals surface area contributed by atoms with Crippen molar-refractivity contribution in [2.45, 2.75) is 6.54 Å². The number of nitrogens with one attached hydrogen (secondary N) is 1. The van der Waals surface area contributed by atoms with Crippen LogP contribution in [0.25, 0.3) is 11.0 Å². The first kappa shape index (κ1) is 9.85. The average molecular weight is 381 g/mol. The van der Waals surface area contributed by atoms with Gasteiger partial charge in [-0.2, -0.15) is 0 Å². The SMILES string of the molecule is O=c1oc2ccccc2cc1C[NH][Pb]. The van der Waals surface area contributed by atoms with Gasteiger partial charge in [-0.3, -0.25) is 0 Å². The third kappa shape index (κ3) is 1.88. The van der Waals surface area contributed by atoms with E-state index in [-0.39, 0.29) is 5.63 Å². The Morgan fingerprint density at radius 1 is 1.36 bits per heavy atom. The Bertz CT molecular complexity index is 507. The van der Waals surface area contributed by atoms with E-state index in [1.165, 1.54) is 0 Å². The molecule has 0 fully saturated rings. The summed E-state index contributed by atoms with van der Waals surface area (Å²) in [6.07, 6.45) is 0. The molecule has 2 aromatic rings. The molecule has 2 rings (SSSR count). The number of hydrogen-bond acceptors (Lipinski definition) is 3. The molecule has 0 atom stereocenters. The summed E-state index contributed by atoms with van der Waals surface area (Å²) in [5, 5.41) is 0.971. The monoisotopic (exact) mass is 382 g/mol. The second-order valence-corrected chi connectivity index (χ2v) is 4.32. The zero-order valence-corrected chi connectivity index (χ0v) is 11.3. The molecular weight excluding hydrogens is 373 g/mol. The summed E-state index contributed by atoms with van der Waals surface area (Å²) in [5.41, 5.74) is 1.10. The van der Waals surface area contributed by atoms with E-state index in [0.29, 0.717) is 17.7 Å². The van der Waals surface area contributed by atoms with Crippen molar-refractivity contribution in [3.05, 3.63) is 46.3 Å². The Kier molecular flexibility index (Phi) is 2.97. The van der Waals surface area contributed by atoms with Crippen molar-refractivity contribution in [3.8, 4) is 0 Å². The fraction of sp³-hybridized carbons (Fsp3) is 0.100. The summed E-state index contributed by atoms with van der Waals surface area (Å²) < 4.78 is 8.23. The molecule has 14 heavy (non-hydrogen) atoms. The topological polar surface area (TPSA) is 42.2 Å². The predicted octanol–water partition coefficient (Wildman–Crippen LogP) is 0.966. The molecule has 0 aliphatic rings. The molecule has 4 heteroatoms. The van der Waals surface area contributed by atoms with Crippen LogP contribution in [0.3, 0.4) is 0 Å². The quantitative estimate of drug-likeness (QED) is 0.623. The summed E-state index contributed by atoms with van der Waals surface area (Å²) in [6, 6.07) is 9.41. The summed E-state index contributed by atoms with van der Waals surface area (Å²) >= 11 is 0.872. The minimum absolute atomic E-state index is 0.243. The molecule has 1 aromatic heterocycles. The van der Waals surface area contributed by atoms with Crippen molar-refractivity contribution >= 4 is 37.0 Å². The van der Waals surface area contributed by atoms with Crippen LogP contribution in [0.1, 0.15) is 5.56 Å². The molecule has 0 bridgehead atoms. The van der Waals surface area contributed by atoms with E-state index in [1.54, 1.807) is 6.07 Å². The zero-order valence-electron chi connectivity index (χ0n) is 7.41. The van der Waals surface area contributed by atoms with Crippen molar-refractivity contribution in [3.63, 3.8) is 0 Å². The van der Waals surface area contributed by atoms with Gasteiger partial charge in [0.1, 0.15) is 0 Å². The van der Waals surface area contributed by atoms with E-state index in [2.05, 4.69) is 3.13 Å². The molecule has 1 aromatic carbocycles. The molecule has 69 valence electrons. The van der Waals surface area contributed by atoms with Crippen LogP contribution in [0.5, 0.6) is 0 Å². The van der Waals surface area contributed by atoms with Gasteiger partial charge in [-0.1, -0.05) is 0 Å². The Labute approximate surface area is 97.2 Å². The normalized spacial score (nSPS) is 10.6. The Morgan fingerprint density at radius 3 is 2.93 bits per heavy atom. The summed E-state index contributed by atoms with van der Waals surface area (Å²) in [5.74, 6) is 0. The third-order valence-electron chi connectivity index (χ3n) is 1.99. The molecule has 1 heterocycles. The number of fused-ring (bicyclic) bond motifs is 1. The van der Waals surface area contributed by atoms with Crippen molar-refractivity contribution in [2.75, 3.05) is 0 Å². The molecular formula is C10H8NO2Pb. The van der Waals surface area contributed by atoms with E-state index < -0.39 is 0 Å². The van der Waals surface area contributed by atoms with Crippen LogP contribution in [0.4, 0.5) is 0 Å². The molecule has 0 amide bonds. The fourth-order valence-corrected chi connectivity index (χ4v) is 2.06. The first-order chi connectivity index (χ1) is 6.81. The molecule has 3 radical (unpaired) electrons. The van der Waals surface area contributed by atoms with E-state index in [9.17, 15) is 4.79 Å². The minimum atomic E-state index is -0.243. The maximum absolute atomic E-state index is 11.4. The number of para-hydroxylation sites is 1.